The summed E-state index contributed by atoms with van der Waals surface area (Å²) < 4.78 is 5.42. The van der Waals surface area contributed by atoms with Gasteiger partial charge in [0.2, 0.25) is 5.91 Å². The fourth-order valence-corrected chi connectivity index (χ4v) is 4.22. The van der Waals surface area contributed by atoms with E-state index in [0.717, 1.165) is 29.9 Å². The first-order chi connectivity index (χ1) is 16.2. The number of morpholine rings is 1. The first-order valence-corrected chi connectivity index (χ1v) is 11.0. The number of carbonyl (C=O) groups excluding carboxylic acids is 2. The molecule has 2 aliphatic heterocycles. The van der Waals surface area contributed by atoms with Gasteiger partial charge in [-0.3, -0.25) is 19.5 Å². The van der Waals surface area contributed by atoms with Crippen LogP contribution in [0.1, 0.15) is 17.0 Å². The van der Waals surface area contributed by atoms with Crippen LogP contribution in [0.3, 0.4) is 0 Å². The average Bonchev–Trinajstić information content (AvgIpc) is 3.10. The number of hydrogen-bond donors (Lipinski definition) is 0. The average molecular weight is 441 g/mol. The zero-order valence-corrected chi connectivity index (χ0v) is 18.1. The van der Waals surface area contributed by atoms with Crippen molar-refractivity contribution in [2.45, 2.75) is 12.5 Å². The number of rotatable bonds is 5. The number of nitrogens with zero attached hydrogens (tertiary/aromatic N) is 4. The van der Waals surface area contributed by atoms with Gasteiger partial charge in [0.1, 0.15) is 11.6 Å². The smallest absolute Gasteiger partial charge is 0.276 e. The van der Waals surface area contributed by atoms with Crippen molar-refractivity contribution in [1.82, 2.24) is 9.88 Å². The fraction of sp³-hybridized carbons (Fsp3) is 0.231. The lowest BCUT2D eigenvalue weighted by molar-refractivity contribution is -0.138. The lowest BCUT2D eigenvalue weighted by atomic mass is 9.96. The molecule has 2 amide bonds. The highest BCUT2D eigenvalue weighted by molar-refractivity contribution is 6.52. The second kappa shape index (κ2) is 9.34. The number of benzene rings is 2. The van der Waals surface area contributed by atoms with Gasteiger partial charge in [0.05, 0.1) is 25.4 Å². The number of anilines is 1. The summed E-state index contributed by atoms with van der Waals surface area (Å²) in [6.45, 7) is 3.29. The number of aliphatic imine (C=N–C) groups is 1. The summed E-state index contributed by atoms with van der Waals surface area (Å²) in [5.74, 6) is -1.36. The van der Waals surface area contributed by atoms with E-state index in [4.69, 9.17) is 4.74 Å². The van der Waals surface area contributed by atoms with Crippen LogP contribution in [0.5, 0.6) is 0 Å². The molecule has 0 bridgehead atoms. The lowest BCUT2D eigenvalue weighted by Gasteiger charge is -2.28. The van der Waals surface area contributed by atoms with E-state index in [1.165, 1.54) is 4.90 Å². The largest absolute Gasteiger partial charge is 0.378 e. The normalized spacial score (nSPS) is 20.0. The van der Waals surface area contributed by atoms with E-state index < -0.39 is 5.92 Å². The van der Waals surface area contributed by atoms with Crippen molar-refractivity contribution in [1.29, 1.82) is 0 Å². The van der Waals surface area contributed by atoms with Crippen molar-refractivity contribution in [3.05, 3.63) is 90.3 Å². The van der Waals surface area contributed by atoms with Crippen molar-refractivity contribution in [2.24, 2.45) is 4.99 Å². The molecular formula is C26H24N4O3. The Hall–Kier alpha value is -3.84. The molecule has 2 aliphatic rings. The third-order valence-corrected chi connectivity index (χ3v) is 5.92. The Morgan fingerprint density at radius 1 is 0.939 bits per heavy atom. The molecule has 2 fully saturated rings. The molecule has 0 spiro atoms. The zero-order chi connectivity index (χ0) is 22.6. The molecule has 2 aromatic carbocycles. The highest BCUT2D eigenvalue weighted by Crippen LogP contribution is 2.31. The number of aromatic nitrogens is 1. The molecule has 2 saturated heterocycles. The summed E-state index contributed by atoms with van der Waals surface area (Å²) in [6.07, 6.45) is 3.33. The highest BCUT2D eigenvalue weighted by Gasteiger charge is 2.45. The molecule has 33 heavy (non-hydrogen) atoms. The van der Waals surface area contributed by atoms with E-state index in [-0.39, 0.29) is 24.1 Å². The summed E-state index contributed by atoms with van der Waals surface area (Å²) in [7, 11) is 0. The summed E-state index contributed by atoms with van der Waals surface area (Å²) in [5.41, 5.74) is 3.53. The van der Waals surface area contributed by atoms with Gasteiger partial charge < -0.3 is 9.64 Å². The van der Waals surface area contributed by atoms with Gasteiger partial charge in [0.15, 0.2) is 0 Å². The van der Waals surface area contributed by atoms with Gasteiger partial charge in [0, 0.05) is 31.2 Å². The number of imide groups is 1. The Balaban J connectivity index is 1.47. The zero-order valence-electron chi connectivity index (χ0n) is 18.1. The molecule has 1 unspecified atom stereocenters. The predicted molar refractivity (Wildman–Crippen MR) is 126 cm³/mol. The van der Waals surface area contributed by atoms with E-state index in [1.807, 2.05) is 60.7 Å². The minimum absolute atomic E-state index is 0.170. The molecule has 1 aromatic heterocycles. The maximum absolute atomic E-state index is 13.4. The summed E-state index contributed by atoms with van der Waals surface area (Å²) in [4.78, 5) is 39.0. The van der Waals surface area contributed by atoms with E-state index in [1.54, 1.807) is 18.5 Å². The molecule has 0 saturated carbocycles. The van der Waals surface area contributed by atoms with Crippen LogP contribution < -0.4 is 4.90 Å². The van der Waals surface area contributed by atoms with Crippen molar-refractivity contribution in [2.75, 3.05) is 31.2 Å². The van der Waals surface area contributed by atoms with Crippen LogP contribution in [0.15, 0.2) is 84.1 Å². The van der Waals surface area contributed by atoms with Crippen molar-refractivity contribution in [3.8, 4) is 0 Å². The van der Waals surface area contributed by atoms with Crippen LogP contribution in [0.25, 0.3) is 0 Å². The van der Waals surface area contributed by atoms with Gasteiger partial charge >= 0.3 is 0 Å². The second-order valence-electron chi connectivity index (χ2n) is 8.05. The highest BCUT2D eigenvalue weighted by atomic mass is 16.5. The van der Waals surface area contributed by atoms with Gasteiger partial charge in [-0.25, -0.2) is 4.99 Å². The number of amides is 2. The first-order valence-electron chi connectivity index (χ1n) is 11.0. The van der Waals surface area contributed by atoms with E-state index in [9.17, 15) is 9.59 Å². The second-order valence-corrected chi connectivity index (χ2v) is 8.05. The molecule has 3 heterocycles. The predicted octanol–water partition coefficient (Wildman–Crippen LogP) is 3.34. The summed E-state index contributed by atoms with van der Waals surface area (Å²) in [5, 5.41) is 0. The topological polar surface area (TPSA) is 75.1 Å². The van der Waals surface area contributed by atoms with Gasteiger partial charge in [-0.15, -0.1) is 0 Å². The Morgan fingerprint density at radius 3 is 2.39 bits per heavy atom. The number of hydrogen-bond acceptors (Lipinski definition) is 6. The summed E-state index contributed by atoms with van der Waals surface area (Å²) in [6, 6.07) is 20.8. The van der Waals surface area contributed by atoms with Crippen LogP contribution in [0.2, 0.25) is 0 Å². The lowest BCUT2D eigenvalue weighted by Crippen LogP contribution is -2.36. The standard InChI is InChI=1S/C26H24N4O3/c31-25-23(20-6-2-1-3-7-20)24(26(32)30(25)18-19-5-4-12-27-17-19)28-21-8-10-22(11-9-21)29-13-15-33-16-14-29/h1-12,17,23H,13-16,18H2. The quantitative estimate of drug-likeness (QED) is 0.569. The molecule has 1 atom stereocenters. The van der Waals surface area contributed by atoms with Crippen LogP contribution in [-0.4, -0.2) is 53.7 Å². The molecule has 7 heteroatoms. The number of likely N-dealkylation sites (tertiary alicyclic amines) is 1. The number of ether oxygens (including phenoxy) is 1. The monoisotopic (exact) mass is 440 g/mol. The van der Waals surface area contributed by atoms with Crippen molar-refractivity contribution >= 4 is 28.9 Å². The van der Waals surface area contributed by atoms with Gasteiger partial charge in [0.25, 0.3) is 5.91 Å². The Morgan fingerprint density at radius 2 is 1.70 bits per heavy atom. The number of pyridine rings is 1. The molecule has 7 nitrogen and oxygen atoms in total. The first kappa shape index (κ1) is 21.0. The van der Waals surface area contributed by atoms with E-state index in [0.29, 0.717) is 18.9 Å². The molecule has 0 aliphatic carbocycles. The minimum Gasteiger partial charge on any atom is -0.378 e. The Bertz CT molecular complexity index is 1160. The van der Waals surface area contributed by atoms with E-state index >= 15 is 0 Å². The molecule has 3 aromatic rings. The van der Waals surface area contributed by atoms with Crippen molar-refractivity contribution in [3.63, 3.8) is 0 Å². The maximum atomic E-state index is 13.4. The third kappa shape index (κ3) is 4.40. The Kier molecular flexibility index (Phi) is 5.95. The van der Waals surface area contributed by atoms with Crippen LogP contribution in [0, 0.1) is 0 Å². The van der Waals surface area contributed by atoms with E-state index in [2.05, 4.69) is 14.9 Å². The molecular weight excluding hydrogens is 416 g/mol. The molecule has 0 radical (unpaired) electrons. The molecule has 0 N–H and O–H groups in total. The minimum atomic E-state index is -0.728. The fourth-order valence-electron chi connectivity index (χ4n) is 4.22. The Labute approximate surface area is 192 Å². The van der Waals surface area contributed by atoms with Crippen LogP contribution >= 0.6 is 0 Å². The molecule has 166 valence electrons. The third-order valence-electron chi connectivity index (χ3n) is 5.92. The maximum Gasteiger partial charge on any atom is 0.276 e. The van der Waals surface area contributed by atoms with Crippen molar-refractivity contribution < 1.29 is 14.3 Å². The van der Waals surface area contributed by atoms with Crippen LogP contribution in [0.4, 0.5) is 11.4 Å². The van der Waals surface area contributed by atoms with Gasteiger partial charge in [-0.05, 0) is 41.5 Å². The van der Waals surface area contributed by atoms with Crippen LogP contribution in [-0.2, 0) is 20.9 Å². The van der Waals surface area contributed by atoms with Gasteiger partial charge in [-0.2, -0.15) is 0 Å². The molecule has 5 rings (SSSR count). The number of carbonyl (C=O) groups is 2. The summed E-state index contributed by atoms with van der Waals surface area (Å²) >= 11 is 0. The van der Waals surface area contributed by atoms with Gasteiger partial charge in [-0.1, -0.05) is 36.4 Å². The SMILES string of the molecule is O=C1C(=Nc2ccc(N3CCOCC3)cc2)C(c2ccccc2)C(=O)N1Cc1cccnc1.